The third kappa shape index (κ3) is 2.69. The molecule has 1 fully saturated rings. The molecule has 3 N–H and O–H groups in total. The molecule has 1 saturated heterocycles. The van der Waals surface area contributed by atoms with E-state index in [2.05, 4.69) is 0 Å². The summed E-state index contributed by atoms with van der Waals surface area (Å²) in [5.74, 6) is -0.113. The van der Waals surface area contributed by atoms with Crippen LogP contribution in [0.2, 0.25) is 0 Å². The molecule has 4 atom stereocenters. The largest absolute Gasteiger partial charge is 0.394 e. The molecular weight excluding hydrogens is 262 g/mol. The van der Waals surface area contributed by atoms with Crippen molar-refractivity contribution in [3.05, 3.63) is 35.4 Å². The monoisotopic (exact) mass is 281 g/mol. The molecule has 110 valence electrons. The molecule has 1 aromatic carbocycles. The highest BCUT2D eigenvalue weighted by molar-refractivity contribution is 5.93. The number of aliphatic hydroxyl groups excluding tert-OH is 3. The average Bonchev–Trinajstić information content (AvgIpc) is 2.74. The molecule has 0 aliphatic carbocycles. The topological polar surface area (TPSA) is 90.2 Å². The fraction of sp³-hybridized carbons (Fsp3) is 0.500. The van der Waals surface area contributed by atoms with Crippen LogP contribution in [0.3, 0.4) is 0 Å². The van der Waals surface area contributed by atoms with Gasteiger partial charge in [-0.3, -0.25) is 4.79 Å². The van der Waals surface area contributed by atoms with E-state index in [0.29, 0.717) is 11.1 Å². The van der Waals surface area contributed by atoms with Gasteiger partial charge in [0.05, 0.1) is 6.61 Å². The number of ether oxygens (including phenoxy) is 1. The van der Waals surface area contributed by atoms with Gasteiger partial charge in [0.15, 0.2) is 0 Å². The smallest absolute Gasteiger partial charge is 0.253 e. The Bertz CT molecular complexity index is 473. The van der Waals surface area contributed by atoms with Crippen molar-refractivity contribution < 1.29 is 24.9 Å². The second-order valence-corrected chi connectivity index (χ2v) is 5.08. The second-order valence-electron chi connectivity index (χ2n) is 5.08. The zero-order valence-corrected chi connectivity index (χ0v) is 11.4. The molecule has 0 unspecified atom stereocenters. The van der Waals surface area contributed by atoms with Crippen molar-refractivity contribution in [1.82, 2.24) is 4.90 Å². The number of benzene rings is 1. The first-order chi connectivity index (χ1) is 9.45. The van der Waals surface area contributed by atoms with Crippen LogP contribution in [0.15, 0.2) is 24.3 Å². The molecule has 1 heterocycles. The first kappa shape index (κ1) is 14.9. The molecule has 6 heteroatoms. The Morgan fingerprint density at radius 2 is 1.80 bits per heavy atom. The molecule has 0 bridgehead atoms. The quantitative estimate of drug-likeness (QED) is 0.697. The Kier molecular flexibility index (Phi) is 4.39. The highest BCUT2D eigenvalue weighted by Gasteiger charge is 2.42. The summed E-state index contributed by atoms with van der Waals surface area (Å²) in [4.78, 5) is 13.2. The summed E-state index contributed by atoms with van der Waals surface area (Å²) in [6, 6.07) is 6.65. The van der Waals surface area contributed by atoms with E-state index in [1.165, 1.54) is 4.90 Å². The fourth-order valence-electron chi connectivity index (χ4n) is 2.25. The first-order valence-electron chi connectivity index (χ1n) is 6.39. The maximum Gasteiger partial charge on any atom is 0.253 e. The number of amides is 1. The molecule has 0 spiro atoms. The minimum Gasteiger partial charge on any atom is -0.394 e. The lowest BCUT2D eigenvalue weighted by Crippen LogP contribution is -2.32. The second kappa shape index (κ2) is 5.88. The Labute approximate surface area is 117 Å². The van der Waals surface area contributed by atoms with E-state index >= 15 is 0 Å². The van der Waals surface area contributed by atoms with Crippen LogP contribution in [0, 0.1) is 0 Å². The predicted molar refractivity (Wildman–Crippen MR) is 71.2 cm³/mol. The average molecular weight is 281 g/mol. The van der Waals surface area contributed by atoms with E-state index in [1.54, 1.807) is 38.4 Å². The van der Waals surface area contributed by atoms with Gasteiger partial charge in [0.1, 0.15) is 24.4 Å². The van der Waals surface area contributed by atoms with E-state index in [0.717, 1.165) is 0 Å². The minimum atomic E-state index is -1.12. The maximum absolute atomic E-state index is 11.8. The van der Waals surface area contributed by atoms with Gasteiger partial charge in [-0.15, -0.1) is 0 Å². The normalized spacial score (nSPS) is 29.4. The van der Waals surface area contributed by atoms with Crippen molar-refractivity contribution in [3.8, 4) is 0 Å². The van der Waals surface area contributed by atoms with Gasteiger partial charge in [-0.05, 0) is 17.7 Å². The van der Waals surface area contributed by atoms with Gasteiger partial charge >= 0.3 is 0 Å². The number of hydrogen-bond acceptors (Lipinski definition) is 5. The molecule has 1 aliphatic heterocycles. The van der Waals surface area contributed by atoms with Crippen LogP contribution in [0.25, 0.3) is 0 Å². The summed E-state index contributed by atoms with van der Waals surface area (Å²) in [6.45, 7) is -0.355. The first-order valence-corrected chi connectivity index (χ1v) is 6.39. The van der Waals surface area contributed by atoms with Gasteiger partial charge in [0.2, 0.25) is 0 Å². The third-order valence-electron chi connectivity index (χ3n) is 3.43. The zero-order chi connectivity index (χ0) is 14.9. The van der Waals surface area contributed by atoms with Crippen molar-refractivity contribution >= 4 is 5.91 Å². The number of nitrogens with zero attached hydrogens (tertiary/aromatic N) is 1. The van der Waals surface area contributed by atoms with Crippen LogP contribution < -0.4 is 0 Å². The summed E-state index contributed by atoms with van der Waals surface area (Å²) in [5, 5.41) is 28.7. The van der Waals surface area contributed by atoms with E-state index in [4.69, 9.17) is 9.84 Å². The van der Waals surface area contributed by atoms with Crippen LogP contribution in [0.1, 0.15) is 22.0 Å². The zero-order valence-electron chi connectivity index (χ0n) is 11.4. The van der Waals surface area contributed by atoms with Gasteiger partial charge < -0.3 is 25.0 Å². The Hall–Kier alpha value is -1.47. The van der Waals surface area contributed by atoms with E-state index in [-0.39, 0.29) is 12.5 Å². The Morgan fingerprint density at radius 3 is 2.25 bits per heavy atom. The van der Waals surface area contributed by atoms with Crippen LogP contribution in [-0.2, 0) is 4.74 Å². The minimum absolute atomic E-state index is 0.113. The van der Waals surface area contributed by atoms with Crippen molar-refractivity contribution in [3.63, 3.8) is 0 Å². The lowest BCUT2D eigenvalue weighted by molar-refractivity contribution is -0.0227. The SMILES string of the molecule is CN(C)C(=O)c1ccc([C@@H]2O[C@H](CO)[C@@H](O)[C@H]2O)cc1. The number of carbonyl (C=O) groups is 1. The molecule has 1 aromatic rings. The molecule has 2 rings (SSSR count). The fourth-order valence-corrected chi connectivity index (χ4v) is 2.25. The highest BCUT2D eigenvalue weighted by Crippen LogP contribution is 2.33. The van der Waals surface area contributed by atoms with Crippen molar-refractivity contribution in [1.29, 1.82) is 0 Å². The molecule has 0 aromatic heterocycles. The van der Waals surface area contributed by atoms with Gasteiger partial charge in [-0.2, -0.15) is 0 Å². The molecule has 1 aliphatic rings. The van der Waals surface area contributed by atoms with Crippen molar-refractivity contribution in [2.45, 2.75) is 24.4 Å². The van der Waals surface area contributed by atoms with E-state index < -0.39 is 24.4 Å². The van der Waals surface area contributed by atoms with Gasteiger partial charge in [-0.1, -0.05) is 12.1 Å². The highest BCUT2D eigenvalue weighted by atomic mass is 16.6. The van der Waals surface area contributed by atoms with Crippen molar-refractivity contribution in [2.24, 2.45) is 0 Å². The number of aliphatic hydroxyl groups is 3. The standard InChI is InChI=1S/C14H19NO5/c1-15(2)14(19)9-5-3-8(4-6-9)13-12(18)11(17)10(7-16)20-13/h3-6,10-13,16-18H,7H2,1-2H3/t10-,11-,12-,13+/m1/s1. The van der Waals surface area contributed by atoms with Crippen molar-refractivity contribution in [2.75, 3.05) is 20.7 Å². The maximum atomic E-state index is 11.8. The lowest BCUT2D eigenvalue weighted by atomic mass is 10.0. The summed E-state index contributed by atoms with van der Waals surface area (Å²) < 4.78 is 5.42. The van der Waals surface area contributed by atoms with Crippen LogP contribution in [0.4, 0.5) is 0 Å². The van der Waals surface area contributed by atoms with Gasteiger partial charge in [0.25, 0.3) is 5.91 Å². The number of rotatable bonds is 3. The van der Waals surface area contributed by atoms with Crippen LogP contribution in [0.5, 0.6) is 0 Å². The third-order valence-corrected chi connectivity index (χ3v) is 3.43. The summed E-state index contributed by atoms with van der Waals surface area (Å²) in [6.07, 6.45) is -3.71. The molecule has 6 nitrogen and oxygen atoms in total. The lowest BCUT2D eigenvalue weighted by Gasteiger charge is -2.16. The number of hydrogen-bond donors (Lipinski definition) is 3. The van der Waals surface area contributed by atoms with E-state index in [1.807, 2.05) is 0 Å². The molecule has 0 radical (unpaired) electrons. The van der Waals surface area contributed by atoms with Gasteiger partial charge in [-0.25, -0.2) is 0 Å². The summed E-state index contributed by atoms with van der Waals surface area (Å²) in [5.41, 5.74) is 1.19. The molecule has 1 amide bonds. The molecule has 0 saturated carbocycles. The summed E-state index contributed by atoms with van der Waals surface area (Å²) in [7, 11) is 3.34. The summed E-state index contributed by atoms with van der Waals surface area (Å²) >= 11 is 0. The van der Waals surface area contributed by atoms with Gasteiger partial charge in [0, 0.05) is 19.7 Å². The van der Waals surface area contributed by atoms with E-state index in [9.17, 15) is 15.0 Å². The molecular formula is C14H19NO5. The Balaban J connectivity index is 2.17. The number of carbonyl (C=O) groups excluding carboxylic acids is 1. The van der Waals surface area contributed by atoms with Crippen LogP contribution in [-0.4, -0.2) is 65.1 Å². The van der Waals surface area contributed by atoms with Crippen LogP contribution >= 0.6 is 0 Å². The predicted octanol–water partition coefficient (Wildman–Crippen LogP) is -0.458. The molecule has 20 heavy (non-hydrogen) atoms. The Morgan fingerprint density at radius 1 is 1.20 bits per heavy atom.